The van der Waals surface area contributed by atoms with Crippen molar-refractivity contribution < 1.29 is 13.6 Å². The van der Waals surface area contributed by atoms with E-state index in [-0.39, 0.29) is 17.3 Å². The Bertz CT molecular complexity index is 523. The van der Waals surface area contributed by atoms with E-state index >= 15 is 0 Å². The average molecular weight is 248 g/mol. The third-order valence-corrected chi connectivity index (χ3v) is 5.23. The summed E-state index contributed by atoms with van der Waals surface area (Å²) in [6.45, 7) is 0. The summed E-state index contributed by atoms with van der Waals surface area (Å²) in [5, 5.41) is 0. The molecule has 0 heterocycles. The van der Waals surface area contributed by atoms with Crippen LogP contribution in [0.25, 0.3) is 0 Å². The van der Waals surface area contributed by atoms with Crippen LogP contribution >= 0.6 is 0 Å². The number of carbonyl (C=O) groups excluding carboxylic acids is 1. The number of hydrogen-bond acceptors (Lipinski definition) is 1. The normalized spacial score (nSPS) is 39.8. The van der Waals surface area contributed by atoms with Gasteiger partial charge in [0.05, 0.1) is 5.56 Å². The van der Waals surface area contributed by atoms with Gasteiger partial charge in [0, 0.05) is 12.0 Å². The van der Waals surface area contributed by atoms with Gasteiger partial charge in [-0.05, 0) is 55.1 Å². The summed E-state index contributed by atoms with van der Waals surface area (Å²) < 4.78 is 26.5. The molecule has 94 valence electrons. The van der Waals surface area contributed by atoms with Gasteiger partial charge in [0.2, 0.25) is 0 Å². The van der Waals surface area contributed by atoms with Crippen LogP contribution in [0.4, 0.5) is 8.78 Å². The van der Waals surface area contributed by atoms with Crippen LogP contribution in [0.2, 0.25) is 0 Å². The summed E-state index contributed by atoms with van der Waals surface area (Å²) in [5.74, 6) is 0.976. The first-order chi connectivity index (χ1) is 8.66. The van der Waals surface area contributed by atoms with Crippen molar-refractivity contribution >= 4 is 5.78 Å². The summed E-state index contributed by atoms with van der Waals surface area (Å²) in [6.07, 6.45) is 3.74. The van der Waals surface area contributed by atoms with E-state index in [1.165, 1.54) is 31.4 Å². The van der Waals surface area contributed by atoms with Crippen molar-refractivity contribution in [3.63, 3.8) is 0 Å². The second-order valence-corrected chi connectivity index (χ2v) is 6.00. The molecule has 3 fully saturated rings. The molecule has 1 nitrogen and oxygen atoms in total. The molecule has 1 aromatic rings. The fraction of sp³-hybridized carbons (Fsp3) is 0.533. The van der Waals surface area contributed by atoms with Gasteiger partial charge in [-0.25, -0.2) is 8.78 Å². The molecule has 4 unspecified atom stereocenters. The molecule has 2 bridgehead atoms. The van der Waals surface area contributed by atoms with Gasteiger partial charge in [-0.2, -0.15) is 0 Å². The Morgan fingerprint density at radius 1 is 1.11 bits per heavy atom. The van der Waals surface area contributed by atoms with Gasteiger partial charge in [0.1, 0.15) is 11.6 Å². The number of fused-ring (bicyclic) bond motifs is 5. The molecular formula is C15H14F2O. The van der Waals surface area contributed by atoms with Gasteiger partial charge in [-0.15, -0.1) is 0 Å². The van der Waals surface area contributed by atoms with Crippen molar-refractivity contribution in [1.29, 1.82) is 0 Å². The van der Waals surface area contributed by atoms with Gasteiger partial charge in [0.15, 0.2) is 5.78 Å². The molecule has 4 atom stereocenters. The number of carbonyl (C=O) groups is 1. The Morgan fingerprint density at radius 3 is 2.39 bits per heavy atom. The molecule has 18 heavy (non-hydrogen) atoms. The minimum absolute atomic E-state index is 0.0243. The SMILES string of the molecule is O=C(c1ccc(F)cc1F)C1C2C3CCC(C3)C12. The number of benzene rings is 1. The molecule has 3 aliphatic rings. The van der Waals surface area contributed by atoms with Crippen LogP contribution in [0.5, 0.6) is 0 Å². The Labute approximate surface area is 104 Å². The van der Waals surface area contributed by atoms with Crippen LogP contribution in [0.3, 0.4) is 0 Å². The van der Waals surface area contributed by atoms with Crippen molar-refractivity contribution in [2.45, 2.75) is 19.3 Å². The molecule has 4 rings (SSSR count). The Morgan fingerprint density at radius 2 is 1.78 bits per heavy atom. The second kappa shape index (κ2) is 3.40. The van der Waals surface area contributed by atoms with Gasteiger partial charge in [0.25, 0.3) is 0 Å². The lowest BCUT2D eigenvalue weighted by atomic mass is 9.96. The van der Waals surface area contributed by atoms with Gasteiger partial charge in [-0.1, -0.05) is 0 Å². The van der Waals surface area contributed by atoms with Crippen LogP contribution in [-0.2, 0) is 0 Å². The third kappa shape index (κ3) is 1.28. The van der Waals surface area contributed by atoms with Crippen LogP contribution < -0.4 is 0 Å². The molecule has 1 aromatic carbocycles. The number of hydrogen-bond donors (Lipinski definition) is 0. The summed E-state index contributed by atoms with van der Waals surface area (Å²) in [6, 6.07) is 3.27. The van der Waals surface area contributed by atoms with E-state index < -0.39 is 11.6 Å². The van der Waals surface area contributed by atoms with E-state index in [0.717, 1.165) is 6.07 Å². The lowest BCUT2D eigenvalue weighted by Gasteiger charge is -2.08. The van der Waals surface area contributed by atoms with Gasteiger partial charge in [-0.3, -0.25) is 4.79 Å². The number of Topliss-reactive ketones (excluding diaryl/α,β-unsaturated/α-hetero) is 1. The zero-order valence-corrected chi connectivity index (χ0v) is 9.90. The Balaban J connectivity index is 1.62. The van der Waals surface area contributed by atoms with Crippen molar-refractivity contribution in [2.75, 3.05) is 0 Å². The summed E-state index contributed by atoms with van der Waals surface area (Å²) in [5.41, 5.74) is 0.0789. The van der Waals surface area contributed by atoms with E-state index in [2.05, 4.69) is 0 Å². The predicted molar refractivity (Wildman–Crippen MR) is 62.0 cm³/mol. The monoisotopic (exact) mass is 248 g/mol. The maximum absolute atomic E-state index is 13.6. The molecule has 3 aliphatic carbocycles. The van der Waals surface area contributed by atoms with Crippen molar-refractivity contribution in [3.05, 3.63) is 35.4 Å². The van der Waals surface area contributed by atoms with E-state index in [4.69, 9.17) is 0 Å². The van der Waals surface area contributed by atoms with Gasteiger partial charge >= 0.3 is 0 Å². The Kier molecular flexibility index (Phi) is 2.01. The standard InChI is InChI=1S/C15H14F2O/c16-9-3-4-10(11(17)6-9)15(18)14-12-7-1-2-8(5-7)13(12)14/h3-4,6-8,12-14H,1-2,5H2. The highest BCUT2D eigenvalue weighted by Crippen LogP contribution is 2.69. The zero-order chi connectivity index (χ0) is 12.4. The topological polar surface area (TPSA) is 17.1 Å². The molecule has 0 radical (unpaired) electrons. The maximum atomic E-state index is 13.6. The maximum Gasteiger partial charge on any atom is 0.169 e. The summed E-state index contributed by atoms with van der Waals surface area (Å²) in [7, 11) is 0. The average Bonchev–Trinajstić information content (AvgIpc) is 2.77. The second-order valence-electron chi connectivity index (χ2n) is 6.00. The van der Waals surface area contributed by atoms with Crippen molar-refractivity contribution in [1.82, 2.24) is 0 Å². The minimum Gasteiger partial charge on any atom is -0.294 e. The number of ketones is 1. The highest BCUT2D eigenvalue weighted by Gasteiger charge is 2.67. The van der Waals surface area contributed by atoms with Crippen LogP contribution in [0.15, 0.2) is 18.2 Å². The minimum atomic E-state index is -0.711. The number of halogens is 2. The van der Waals surface area contributed by atoms with Gasteiger partial charge < -0.3 is 0 Å². The fourth-order valence-corrected chi connectivity index (χ4v) is 4.54. The quantitative estimate of drug-likeness (QED) is 0.733. The molecule has 0 aromatic heterocycles. The van der Waals surface area contributed by atoms with E-state index in [0.29, 0.717) is 23.7 Å². The molecule has 0 aliphatic heterocycles. The largest absolute Gasteiger partial charge is 0.294 e. The van der Waals surface area contributed by atoms with Crippen LogP contribution in [-0.4, -0.2) is 5.78 Å². The van der Waals surface area contributed by atoms with E-state index in [1.54, 1.807) is 0 Å². The number of rotatable bonds is 2. The Hall–Kier alpha value is -1.25. The first kappa shape index (κ1) is 10.7. The predicted octanol–water partition coefficient (Wildman–Crippen LogP) is 3.44. The molecule has 3 saturated carbocycles. The third-order valence-electron chi connectivity index (χ3n) is 5.23. The summed E-state index contributed by atoms with van der Waals surface area (Å²) in [4.78, 5) is 12.3. The zero-order valence-electron chi connectivity index (χ0n) is 9.90. The molecular weight excluding hydrogens is 234 g/mol. The van der Waals surface area contributed by atoms with Crippen LogP contribution in [0.1, 0.15) is 29.6 Å². The van der Waals surface area contributed by atoms with Crippen molar-refractivity contribution in [2.24, 2.45) is 29.6 Å². The van der Waals surface area contributed by atoms with Crippen molar-refractivity contribution in [3.8, 4) is 0 Å². The first-order valence-corrected chi connectivity index (χ1v) is 6.66. The highest BCUT2D eigenvalue weighted by molar-refractivity contribution is 6.00. The van der Waals surface area contributed by atoms with E-state index in [9.17, 15) is 13.6 Å². The fourth-order valence-electron chi connectivity index (χ4n) is 4.54. The summed E-state index contributed by atoms with van der Waals surface area (Å²) >= 11 is 0. The molecule has 3 heteroatoms. The molecule has 0 saturated heterocycles. The first-order valence-electron chi connectivity index (χ1n) is 6.66. The molecule has 0 spiro atoms. The lowest BCUT2D eigenvalue weighted by molar-refractivity contribution is 0.0940. The lowest BCUT2D eigenvalue weighted by Crippen LogP contribution is -2.11. The smallest absolute Gasteiger partial charge is 0.169 e. The highest BCUT2D eigenvalue weighted by atomic mass is 19.1. The molecule has 0 amide bonds. The van der Waals surface area contributed by atoms with E-state index in [1.807, 2.05) is 0 Å². The van der Waals surface area contributed by atoms with Crippen LogP contribution in [0, 0.1) is 41.2 Å². The molecule has 0 N–H and O–H groups in total.